The molecule has 4 aliphatic carbocycles. The third kappa shape index (κ3) is 3.66. The van der Waals surface area contributed by atoms with Crippen LogP contribution in [0.25, 0.3) is 0 Å². The highest BCUT2D eigenvalue weighted by Crippen LogP contribution is 2.64. The van der Waals surface area contributed by atoms with Crippen LogP contribution in [0.5, 0.6) is 0 Å². The van der Waals surface area contributed by atoms with Gasteiger partial charge in [-0.3, -0.25) is 14.4 Å². The van der Waals surface area contributed by atoms with E-state index in [1.54, 1.807) is 0 Å². The van der Waals surface area contributed by atoms with Crippen molar-refractivity contribution in [1.82, 2.24) is 0 Å². The number of allylic oxidation sites excluding steroid dienone is 4. The molecule has 4 rings (SSSR count). The minimum Gasteiger partial charge on any atom is -0.469 e. The molecule has 2 fully saturated rings. The Morgan fingerprint density at radius 2 is 1.97 bits per heavy atom. The fraction of sp³-hybridized carbons (Fsp3) is 0.741. The number of ketones is 1. The van der Waals surface area contributed by atoms with Gasteiger partial charge in [0.1, 0.15) is 6.10 Å². The minimum atomic E-state index is -0.386. The molecule has 0 heterocycles. The molecule has 0 saturated heterocycles. The Balaban J connectivity index is 1.58. The molecule has 0 unspecified atom stereocenters. The summed E-state index contributed by atoms with van der Waals surface area (Å²) < 4.78 is 10.4. The zero-order valence-electron chi connectivity index (χ0n) is 20.2. The fourth-order valence-electron chi connectivity index (χ4n) is 7.55. The summed E-state index contributed by atoms with van der Waals surface area (Å²) >= 11 is 0. The number of hydrogen-bond donors (Lipinski definition) is 0. The van der Waals surface area contributed by atoms with Crippen LogP contribution in [-0.2, 0) is 23.9 Å². The third-order valence-electron chi connectivity index (χ3n) is 9.48. The summed E-state index contributed by atoms with van der Waals surface area (Å²) in [5, 5.41) is 0. The summed E-state index contributed by atoms with van der Waals surface area (Å²) in [5.74, 6) is 1.15. The van der Waals surface area contributed by atoms with E-state index in [1.807, 2.05) is 6.08 Å². The van der Waals surface area contributed by atoms with Gasteiger partial charge < -0.3 is 9.47 Å². The molecule has 5 heteroatoms. The molecule has 0 aromatic heterocycles. The molecular formula is C27H38O5. The number of ether oxygens (including phenoxy) is 2. The van der Waals surface area contributed by atoms with E-state index in [0.717, 1.165) is 44.9 Å². The van der Waals surface area contributed by atoms with Crippen LogP contribution >= 0.6 is 0 Å². The maximum Gasteiger partial charge on any atom is 0.305 e. The summed E-state index contributed by atoms with van der Waals surface area (Å²) in [6, 6.07) is 0. The molecule has 4 aliphatic rings. The Bertz CT molecular complexity index is 869. The van der Waals surface area contributed by atoms with Crippen LogP contribution < -0.4 is 0 Å². The van der Waals surface area contributed by atoms with Gasteiger partial charge in [-0.25, -0.2) is 0 Å². The summed E-state index contributed by atoms with van der Waals surface area (Å²) in [6.07, 6.45) is 11.3. The summed E-state index contributed by atoms with van der Waals surface area (Å²) in [7, 11) is 1.43. The average Bonchev–Trinajstić information content (AvgIpc) is 3.11. The average molecular weight is 443 g/mol. The van der Waals surface area contributed by atoms with Crippen molar-refractivity contribution in [2.75, 3.05) is 7.11 Å². The SMILES string of the molecule is COC(=O)CC[C@H](C)[C@@H]1CC[C@@H]2C3=CC[C@@H]4C[C@H](OC(C)=O)CC[C@@]4(C)C3=CC(=O)[C@]21C. The van der Waals surface area contributed by atoms with E-state index < -0.39 is 0 Å². The Morgan fingerprint density at radius 3 is 2.66 bits per heavy atom. The summed E-state index contributed by atoms with van der Waals surface area (Å²) in [4.78, 5) is 36.8. The second-order valence-corrected chi connectivity index (χ2v) is 11.0. The highest BCUT2D eigenvalue weighted by molar-refractivity contribution is 5.99. The van der Waals surface area contributed by atoms with E-state index in [0.29, 0.717) is 18.3 Å². The highest BCUT2D eigenvalue weighted by atomic mass is 16.5. The second-order valence-electron chi connectivity index (χ2n) is 11.0. The lowest BCUT2D eigenvalue weighted by Gasteiger charge is -2.53. The van der Waals surface area contributed by atoms with Crippen molar-refractivity contribution in [3.8, 4) is 0 Å². The summed E-state index contributed by atoms with van der Waals surface area (Å²) in [6.45, 7) is 8.17. The van der Waals surface area contributed by atoms with E-state index >= 15 is 0 Å². The number of fused-ring (bicyclic) bond motifs is 5. The molecule has 0 aromatic carbocycles. The first-order chi connectivity index (χ1) is 15.1. The fourth-order valence-corrected chi connectivity index (χ4v) is 7.55. The number of methoxy groups -OCH3 is 1. The predicted octanol–water partition coefficient (Wildman–Crippen LogP) is 5.19. The minimum absolute atomic E-state index is 0.00259. The third-order valence-corrected chi connectivity index (χ3v) is 9.48. The van der Waals surface area contributed by atoms with E-state index in [9.17, 15) is 14.4 Å². The number of carbonyl (C=O) groups excluding carboxylic acids is 3. The zero-order valence-corrected chi connectivity index (χ0v) is 20.2. The number of rotatable bonds is 5. The zero-order chi connectivity index (χ0) is 23.3. The van der Waals surface area contributed by atoms with Crippen LogP contribution in [0.1, 0.15) is 79.1 Å². The molecule has 0 spiro atoms. The molecule has 0 aliphatic heterocycles. The maximum absolute atomic E-state index is 13.7. The van der Waals surface area contributed by atoms with Crippen molar-refractivity contribution in [1.29, 1.82) is 0 Å². The second kappa shape index (κ2) is 8.46. The molecule has 32 heavy (non-hydrogen) atoms. The lowest BCUT2D eigenvalue weighted by atomic mass is 9.51. The van der Waals surface area contributed by atoms with Crippen LogP contribution in [0.2, 0.25) is 0 Å². The Kier molecular flexibility index (Phi) is 6.15. The molecule has 0 amide bonds. The molecule has 5 nitrogen and oxygen atoms in total. The van der Waals surface area contributed by atoms with Crippen molar-refractivity contribution < 1.29 is 23.9 Å². The molecule has 0 radical (unpaired) electrons. The van der Waals surface area contributed by atoms with Crippen molar-refractivity contribution in [3.05, 3.63) is 23.3 Å². The number of carbonyl (C=O) groups is 3. The van der Waals surface area contributed by atoms with Crippen LogP contribution in [0, 0.1) is 34.5 Å². The van der Waals surface area contributed by atoms with Gasteiger partial charge in [0.15, 0.2) is 5.78 Å². The van der Waals surface area contributed by atoms with E-state index in [-0.39, 0.29) is 46.5 Å². The van der Waals surface area contributed by atoms with Gasteiger partial charge in [-0.15, -0.1) is 0 Å². The molecule has 2 saturated carbocycles. The number of hydrogen-bond acceptors (Lipinski definition) is 5. The number of esters is 2. The molecule has 0 bridgehead atoms. The van der Waals surface area contributed by atoms with Gasteiger partial charge in [0, 0.05) is 18.8 Å². The Hall–Kier alpha value is -1.91. The highest BCUT2D eigenvalue weighted by Gasteiger charge is 2.59. The van der Waals surface area contributed by atoms with Crippen molar-refractivity contribution in [2.45, 2.75) is 85.2 Å². The first-order valence-electron chi connectivity index (χ1n) is 12.3. The van der Waals surface area contributed by atoms with E-state index in [4.69, 9.17) is 9.47 Å². The Morgan fingerprint density at radius 1 is 1.22 bits per heavy atom. The topological polar surface area (TPSA) is 69.7 Å². The van der Waals surface area contributed by atoms with Crippen LogP contribution in [-0.4, -0.2) is 30.9 Å². The van der Waals surface area contributed by atoms with Gasteiger partial charge in [-0.2, -0.15) is 0 Å². The van der Waals surface area contributed by atoms with Gasteiger partial charge in [0.2, 0.25) is 0 Å². The monoisotopic (exact) mass is 442 g/mol. The quantitative estimate of drug-likeness (QED) is 0.548. The maximum atomic E-state index is 13.7. The first kappa shape index (κ1) is 23.3. The molecule has 176 valence electrons. The van der Waals surface area contributed by atoms with Crippen molar-refractivity contribution >= 4 is 17.7 Å². The smallest absolute Gasteiger partial charge is 0.305 e. The van der Waals surface area contributed by atoms with Gasteiger partial charge in [0.25, 0.3) is 0 Å². The van der Waals surface area contributed by atoms with Gasteiger partial charge in [0.05, 0.1) is 7.11 Å². The normalized spacial score (nSPS) is 39.1. The van der Waals surface area contributed by atoms with Crippen LogP contribution in [0.3, 0.4) is 0 Å². The molecule has 0 aromatic rings. The Labute approximate surface area is 192 Å². The van der Waals surface area contributed by atoms with Gasteiger partial charge >= 0.3 is 11.9 Å². The predicted molar refractivity (Wildman–Crippen MR) is 122 cm³/mol. The van der Waals surface area contributed by atoms with Crippen molar-refractivity contribution in [2.24, 2.45) is 34.5 Å². The first-order valence-corrected chi connectivity index (χ1v) is 12.3. The van der Waals surface area contributed by atoms with E-state index in [1.165, 1.54) is 25.2 Å². The van der Waals surface area contributed by atoms with Crippen LogP contribution in [0.4, 0.5) is 0 Å². The van der Waals surface area contributed by atoms with Crippen LogP contribution in [0.15, 0.2) is 23.3 Å². The van der Waals surface area contributed by atoms with Crippen molar-refractivity contribution in [3.63, 3.8) is 0 Å². The molecule has 7 atom stereocenters. The largest absolute Gasteiger partial charge is 0.469 e. The summed E-state index contributed by atoms with van der Waals surface area (Å²) in [5.41, 5.74) is 2.25. The van der Waals surface area contributed by atoms with Gasteiger partial charge in [-0.1, -0.05) is 26.8 Å². The van der Waals surface area contributed by atoms with E-state index in [2.05, 4.69) is 26.8 Å². The lowest BCUT2D eigenvalue weighted by molar-refractivity contribution is -0.150. The standard InChI is InChI=1S/C27H38O5/c1-16(6-11-25(30)31-5)21-9-10-22-20-8-7-18-14-19(32-17(2)28)12-13-26(18,3)23(20)15-24(29)27(21,22)4/h8,15-16,18-19,21-22H,6-7,9-14H2,1-5H3/t16-,18+,19+,21-,22+,26+,27-/m0/s1. The molecule has 0 N–H and O–H groups in total. The molecular weight excluding hydrogens is 404 g/mol. The van der Waals surface area contributed by atoms with Gasteiger partial charge in [-0.05, 0) is 91.3 Å². The lowest BCUT2D eigenvalue weighted by Crippen LogP contribution is -2.48.